The van der Waals surface area contributed by atoms with Crippen molar-refractivity contribution < 1.29 is 38.0 Å². The number of thioether (sulfide) groups is 2. The van der Waals surface area contributed by atoms with E-state index >= 15 is 0 Å². The van der Waals surface area contributed by atoms with Gasteiger partial charge in [-0.25, -0.2) is 0 Å². The summed E-state index contributed by atoms with van der Waals surface area (Å²) in [7, 11) is 0. The Balaban J connectivity index is 1.83. The normalized spacial score (nSPS) is 11.2. The van der Waals surface area contributed by atoms with Crippen molar-refractivity contribution in [2.45, 2.75) is 437 Å². The topological polar surface area (TPSA) is 161 Å². The van der Waals surface area contributed by atoms with Gasteiger partial charge in [-0.1, -0.05) is 388 Å². The second kappa shape index (κ2) is 74.9. The van der Waals surface area contributed by atoms with Crippen molar-refractivity contribution in [3.05, 3.63) is 58.7 Å². The van der Waals surface area contributed by atoms with Crippen LogP contribution in [-0.2, 0) is 0 Å². The first-order chi connectivity index (χ1) is 55.3. The third-order valence-electron chi connectivity index (χ3n) is 21.7. The highest BCUT2D eigenvalue weighted by Gasteiger charge is 2.23. The summed E-state index contributed by atoms with van der Waals surface area (Å²) >= 11 is 3.06. The van der Waals surface area contributed by atoms with Crippen LogP contribution < -0.4 is 39.1 Å². The highest BCUT2D eigenvalue weighted by Crippen LogP contribution is 2.42. The summed E-state index contributed by atoms with van der Waals surface area (Å²) in [6, 6.07) is 15.4. The fourth-order valence-corrected chi connectivity index (χ4v) is 16.6. The first kappa shape index (κ1) is 101. The van der Waals surface area contributed by atoms with E-state index in [9.17, 15) is 20.1 Å². The molecule has 2 N–H and O–H groups in total. The number of nitriles is 2. The number of carbonyl (C=O) groups is 2. The number of rotatable bonds is 82. The molecule has 3 aromatic carbocycles. The lowest BCUT2D eigenvalue weighted by Crippen LogP contribution is -2.26. The van der Waals surface area contributed by atoms with E-state index in [0.29, 0.717) is 121 Å². The lowest BCUT2D eigenvalue weighted by molar-refractivity contribution is 0.0947. The molecule has 638 valence electrons. The maximum absolute atomic E-state index is 14.5. The first-order valence-electron chi connectivity index (χ1n) is 47.2. The molecule has 0 spiro atoms. The molecule has 0 bridgehead atoms. The number of nitrogens with zero attached hydrogens (tertiary/aromatic N) is 2. The number of hydrogen-bond acceptors (Lipinski definition) is 12. The molecule has 0 radical (unpaired) electrons. The van der Waals surface area contributed by atoms with Crippen LogP contribution in [0.15, 0.2) is 46.2 Å². The highest BCUT2D eigenvalue weighted by molar-refractivity contribution is 8.02. The predicted molar refractivity (Wildman–Crippen MR) is 479 cm³/mol. The molecule has 0 aliphatic carbocycles. The summed E-state index contributed by atoms with van der Waals surface area (Å²) < 4.78 is 40.0. The van der Waals surface area contributed by atoms with Gasteiger partial charge < -0.3 is 39.1 Å². The summed E-state index contributed by atoms with van der Waals surface area (Å²) in [6.07, 6.45) is 74.1. The van der Waals surface area contributed by atoms with Crippen molar-refractivity contribution in [2.24, 2.45) is 0 Å². The molecule has 12 nitrogen and oxygen atoms in total. The Hall–Kier alpha value is -4.92. The van der Waals surface area contributed by atoms with Crippen LogP contribution in [0.5, 0.6) is 34.5 Å². The summed E-state index contributed by atoms with van der Waals surface area (Å²) in [6.45, 7) is 17.5. The molecule has 0 aromatic heterocycles. The Kier molecular flexibility index (Phi) is 67.7. The molecule has 14 heteroatoms. The number of hydrogen-bond donors (Lipinski definition) is 2. The fourth-order valence-electron chi connectivity index (χ4n) is 14.6. The van der Waals surface area contributed by atoms with Crippen LogP contribution in [0.1, 0.15) is 459 Å². The van der Waals surface area contributed by atoms with Gasteiger partial charge in [0.2, 0.25) is 11.5 Å². The minimum atomic E-state index is -0.232. The molecule has 0 fully saturated rings. The van der Waals surface area contributed by atoms with Gasteiger partial charge in [-0.3, -0.25) is 9.59 Å². The second-order valence-electron chi connectivity index (χ2n) is 32.1. The van der Waals surface area contributed by atoms with E-state index in [1.807, 2.05) is 24.3 Å². The quantitative estimate of drug-likeness (QED) is 0.0407. The second-order valence-corrected chi connectivity index (χ2v) is 34.3. The summed E-state index contributed by atoms with van der Waals surface area (Å²) in [4.78, 5) is 30.6. The van der Waals surface area contributed by atoms with Crippen LogP contribution in [0.2, 0.25) is 0 Å². The van der Waals surface area contributed by atoms with E-state index in [-0.39, 0.29) is 11.8 Å². The molecule has 0 atom stereocenters. The van der Waals surface area contributed by atoms with Crippen molar-refractivity contribution in [3.63, 3.8) is 0 Å². The van der Waals surface area contributed by atoms with Crippen molar-refractivity contribution in [1.29, 1.82) is 10.5 Å². The van der Waals surface area contributed by atoms with E-state index in [0.717, 1.165) is 86.8 Å². The predicted octanol–water partition coefficient (Wildman–Crippen LogP) is 30.3. The van der Waals surface area contributed by atoms with Gasteiger partial charge in [-0.05, 0) is 74.9 Å². The molecule has 0 unspecified atom stereocenters. The maximum Gasteiger partial charge on any atom is 0.251 e. The molecule has 3 rings (SSSR count). The Morgan fingerprint density at radius 2 is 0.446 bits per heavy atom. The average Bonchev–Trinajstić information content (AvgIpc) is 0.824. The Bertz CT molecular complexity index is 2540. The number of carbonyl (C=O) groups excluding carboxylic acids is 2. The number of benzene rings is 3. The van der Waals surface area contributed by atoms with Crippen LogP contribution in [0, 0.1) is 22.7 Å². The van der Waals surface area contributed by atoms with Gasteiger partial charge in [-0.2, -0.15) is 10.5 Å². The Labute approximate surface area is 696 Å². The SMILES string of the molecule is CCCCCCCCCCCCOc1cc(C(=O)NCCSc2cc(C#N)c(C#N)cc2SCCNC(=O)c2cc(OCCCCCCCCCCCC)c(OCCCCCCCCCCCC)c(OCCCCCCCCCCCC)c2)cc(OCCCCCCCCCCCC)c1OCCCCCCCCCCCC. The molecule has 0 saturated heterocycles. The molecule has 3 aromatic rings. The van der Waals surface area contributed by atoms with Gasteiger partial charge in [0.1, 0.15) is 12.1 Å². The maximum atomic E-state index is 14.5. The van der Waals surface area contributed by atoms with Crippen LogP contribution in [0.4, 0.5) is 0 Å². The Morgan fingerprint density at radius 3 is 0.634 bits per heavy atom. The zero-order chi connectivity index (χ0) is 80.3. The molecule has 0 aliphatic heterocycles. The van der Waals surface area contributed by atoms with Crippen LogP contribution in [0.3, 0.4) is 0 Å². The third kappa shape index (κ3) is 52.6. The van der Waals surface area contributed by atoms with E-state index in [4.69, 9.17) is 28.4 Å². The lowest BCUT2D eigenvalue weighted by Gasteiger charge is -2.19. The molecular weight excluding hydrogens is 1430 g/mol. The largest absolute Gasteiger partial charge is 0.490 e. The number of amides is 2. The summed E-state index contributed by atoms with van der Waals surface area (Å²) in [5.41, 5.74) is 1.51. The van der Waals surface area contributed by atoms with Crippen LogP contribution >= 0.6 is 23.5 Å². The van der Waals surface area contributed by atoms with Gasteiger partial charge in [-0.15, -0.1) is 23.5 Å². The number of nitrogens with one attached hydrogen (secondary N) is 2. The minimum absolute atomic E-state index is 0.232. The molecule has 0 saturated carbocycles. The molecule has 112 heavy (non-hydrogen) atoms. The van der Waals surface area contributed by atoms with E-state index < -0.39 is 0 Å². The standard InChI is InChI=1S/C98H166N4O8S2/c1-7-13-19-25-31-37-43-49-55-61-69-105-89-77-85(78-90(106-70-62-56-50-44-38-32-26-20-14-8-2)95(89)109-73-65-59-53-47-41-35-29-23-17-11-5)97(103)101-67-75-111-93-81-87(83-99)88(84-100)82-94(93)112-76-68-102-98(104)86-79-91(107-71-63-57-51-45-39-33-27-21-15-9-3)96(110-74-66-60-54-48-42-36-30-24-18-12-6)92(80-86)108-72-64-58-52-46-40-34-28-22-16-10-4/h77-82H,7-76H2,1-6H3,(H,101,103)(H,102,104). The highest BCUT2D eigenvalue weighted by atomic mass is 32.2. The molecule has 0 heterocycles. The van der Waals surface area contributed by atoms with Crippen molar-refractivity contribution in [3.8, 4) is 46.6 Å². The van der Waals surface area contributed by atoms with Crippen molar-refractivity contribution in [2.75, 3.05) is 64.2 Å². The summed E-state index contributed by atoms with van der Waals surface area (Å²) in [5, 5.41) is 26.9. The molecule has 0 aliphatic rings. The number of ether oxygens (including phenoxy) is 6. The third-order valence-corrected chi connectivity index (χ3v) is 23.9. The molecular formula is C98H166N4O8S2. The van der Waals surface area contributed by atoms with Gasteiger partial charge in [0.15, 0.2) is 23.0 Å². The van der Waals surface area contributed by atoms with Crippen molar-refractivity contribution in [1.82, 2.24) is 10.6 Å². The molecule has 2 amide bonds. The summed E-state index contributed by atoms with van der Waals surface area (Å²) in [5.74, 6) is 3.96. The van der Waals surface area contributed by atoms with E-state index in [2.05, 4.69) is 64.3 Å². The zero-order valence-electron chi connectivity index (χ0n) is 72.9. The van der Waals surface area contributed by atoms with Crippen molar-refractivity contribution >= 4 is 35.3 Å². The lowest BCUT2D eigenvalue weighted by atomic mass is 10.1. The van der Waals surface area contributed by atoms with Crippen LogP contribution in [0.25, 0.3) is 0 Å². The first-order valence-corrected chi connectivity index (χ1v) is 49.2. The average molecular weight is 1590 g/mol. The number of unbranched alkanes of at least 4 members (excludes halogenated alkanes) is 54. The van der Waals surface area contributed by atoms with E-state index in [1.165, 1.54) is 332 Å². The fraction of sp³-hybridized carbons (Fsp3) is 0.776. The van der Waals surface area contributed by atoms with Gasteiger partial charge in [0.25, 0.3) is 11.8 Å². The smallest absolute Gasteiger partial charge is 0.251 e. The minimum Gasteiger partial charge on any atom is -0.490 e. The Morgan fingerprint density at radius 1 is 0.268 bits per heavy atom. The monoisotopic (exact) mass is 1590 g/mol. The zero-order valence-corrected chi connectivity index (χ0v) is 74.6. The van der Waals surface area contributed by atoms with Gasteiger partial charge >= 0.3 is 0 Å². The van der Waals surface area contributed by atoms with Gasteiger partial charge in [0.05, 0.1) is 50.8 Å². The van der Waals surface area contributed by atoms with E-state index in [1.54, 1.807) is 12.1 Å². The van der Waals surface area contributed by atoms with Gasteiger partial charge in [0, 0.05) is 45.5 Å². The van der Waals surface area contributed by atoms with Crippen LogP contribution in [-0.4, -0.2) is 76.1 Å².